The van der Waals surface area contributed by atoms with Crippen LogP contribution in [0, 0.1) is 11.8 Å². The molecule has 0 aromatic rings. The Labute approximate surface area is 537 Å². The summed E-state index contributed by atoms with van der Waals surface area (Å²) in [6, 6.07) is 0. The Kier molecular flexibility index (Phi) is 59.9. The molecule has 0 aromatic heterocycles. The van der Waals surface area contributed by atoms with Gasteiger partial charge in [0.2, 0.25) is 0 Å². The summed E-state index contributed by atoms with van der Waals surface area (Å²) < 4.78 is 68.0. The molecule has 0 amide bonds. The molecule has 2 unspecified atom stereocenters. The number of aliphatic hydroxyl groups excluding tert-OH is 1. The van der Waals surface area contributed by atoms with Gasteiger partial charge in [0.1, 0.15) is 19.3 Å². The Morgan fingerprint density at radius 1 is 0.307 bits per heavy atom. The number of rotatable bonds is 68. The monoisotopic (exact) mass is 1300 g/mol. The highest BCUT2D eigenvalue weighted by Crippen LogP contribution is 2.45. The van der Waals surface area contributed by atoms with Gasteiger partial charge in [-0.05, 0) is 37.5 Å². The molecule has 0 radical (unpaired) electrons. The number of esters is 4. The summed E-state index contributed by atoms with van der Waals surface area (Å²) in [5, 5.41) is 10.5. The molecule has 0 aliphatic heterocycles. The summed E-state index contributed by atoms with van der Waals surface area (Å²) in [7, 11) is -9.89. The zero-order valence-corrected chi connectivity index (χ0v) is 58.8. The van der Waals surface area contributed by atoms with Crippen molar-refractivity contribution in [2.45, 2.75) is 368 Å². The first kappa shape index (κ1) is 86.1. The molecule has 0 aliphatic rings. The van der Waals surface area contributed by atoms with Crippen LogP contribution in [-0.4, -0.2) is 96.7 Å². The summed E-state index contributed by atoms with van der Waals surface area (Å²) in [5.41, 5.74) is 0. The third-order valence-corrected chi connectivity index (χ3v) is 17.9. The van der Waals surface area contributed by atoms with Gasteiger partial charge < -0.3 is 33.8 Å². The Bertz CT molecular complexity index is 1720. The Hall–Kier alpha value is -1.94. The summed E-state index contributed by atoms with van der Waals surface area (Å²) in [4.78, 5) is 72.2. The molecule has 0 aromatic carbocycles. The molecule has 0 rings (SSSR count). The second kappa shape index (κ2) is 61.3. The van der Waals surface area contributed by atoms with E-state index in [4.69, 9.17) is 37.0 Å². The van der Waals surface area contributed by atoms with Crippen molar-refractivity contribution in [1.29, 1.82) is 0 Å². The van der Waals surface area contributed by atoms with Crippen molar-refractivity contribution in [3.05, 3.63) is 0 Å². The van der Waals surface area contributed by atoms with Gasteiger partial charge in [-0.3, -0.25) is 37.3 Å². The van der Waals surface area contributed by atoms with Crippen LogP contribution in [-0.2, 0) is 65.4 Å². The minimum atomic E-state index is -4.95. The molecule has 0 spiro atoms. The lowest BCUT2D eigenvalue weighted by molar-refractivity contribution is -0.161. The van der Waals surface area contributed by atoms with Crippen molar-refractivity contribution in [2.24, 2.45) is 11.8 Å². The van der Waals surface area contributed by atoms with Crippen LogP contribution >= 0.6 is 15.6 Å². The number of carbonyl (C=O) groups excluding carboxylic acids is 4. The molecule has 0 aliphatic carbocycles. The number of phosphoric acid groups is 2. The van der Waals surface area contributed by atoms with Gasteiger partial charge >= 0.3 is 39.5 Å². The molecular formula is C69H134O17P2. The van der Waals surface area contributed by atoms with E-state index in [0.29, 0.717) is 25.7 Å². The Balaban J connectivity index is 5.15. The van der Waals surface area contributed by atoms with Crippen molar-refractivity contribution < 1.29 is 80.2 Å². The van der Waals surface area contributed by atoms with Crippen molar-refractivity contribution in [1.82, 2.24) is 0 Å². The normalized spacial score (nSPS) is 14.2. The number of unbranched alkanes of at least 4 members (excludes halogenated alkanes) is 38. The maximum Gasteiger partial charge on any atom is 0.472 e. The lowest BCUT2D eigenvalue weighted by Crippen LogP contribution is -2.30. The molecule has 0 bridgehead atoms. The zero-order valence-electron chi connectivity index (χ0n) is 57.0. The SMILES string of the molecule is CCCCCCCCCCCCCCCCC(=O)OC[C@H](COP(=O)(O)OC[C@@H](O)COP(=O)(O)OC[C@@H](COC(=O)CCCCCCC)OC(=O)CCCCCCCCCCC(C)C)OC(=O)CCCCCCCCCCCCCCCCCC(C)C. The quantitative estimate of drug-likeness (QED) is 0.0222. The van der Waals surface area contributed by atoms with Gasteiger partial charge in [-0.25, -0.2) is 9.13 Å². The highest BCUT2D eigenvalue weighted by Gasteiger charge is 2.30. The molecule has 19 heteroatoms. The molecule has 0 saturated carbocycles. The average molecular weight is 1300 g/mol. The van der Waals surface area contributed by atoms with E-state index in [1.165, 1.54) is 161 Å². The molecule has 0 heterocycles. The topological polar surface area (TPSA) is 237 Å². The van der Waals surface area contributed by atoms with E-state index in [1.807, 2.05) is 0 Å². The van der Waals surface area contributed by atoms with Gasteiger partial charge in [0.15, 0.2) is 12.2 Å². The van der Waals surface area contributed by atoms with Crippen LogP contribution in [0.4, 0.5) is 0 Å². The molecule has 88 heavy (non-hydrogen) atoms. The van der Waals surface area contributed by atoms with E-state index < -0.39 is 97.5 Å². The second-order valence-corrected chi connectivity index (χ2v) is 28.8. The fourth-order valence-corrected chi connectivity index (χ4v) is 12.0. The van der Waals surface area contributed by atoms with Crippen LogP contribution in [0.2, 0.25) is 0 Å². The summed E-state index contributed by atoms with van der Waals surface area (Å²) in [5.74, 6) is -0.616. The lowest BCUT2D eigenvalue weighted by Gasteiger charge is -2.21. The van der Waals surface area contributed by atoms with E-state index in [1.54, 1.807) is 0 Å². The van der Waals surface area contributed by atoms with Crippen LogP contribution in [0.25, 0.3) is 0 Å². The number of ether oxygens (including phenoxy) is 4. The van der Waals surface area contributed by atoms with E-state index in [-0.39, 0.29) is 25.7 Å². The van der Waals surface area contributed by atoms with Crippen LogP contribution in [0.15, 0.2) is 0 Å². The fraction of sp³-hybridized carbons (Fsp3) is 0.942. The first-order valence-corrected chi connectivity index (χ1v) is 39.0. The van der Waals surface area contributed by atoms with Crippen LogP contribution in [0.5, 0.6) is 0 Å². The first-order chi connectivity index (χ1) is 42.4. The third kappa shape index (κ3) is 62.8. The van der Waals surface area contributed by atoms with Crippen LogP contribution < -0.4 is 0 Å². The van der Waals surface area contributed by atoms with Gasteiger partial charge in [0.05, 0.1) is 26.4 Å². The number of phosphoric ester groups is 2. The van der Waals surface area contributed by atoms with E-state index in [2.05, 4.69) is 41.5 Å². The largest absolute Gasteiger partial charge is 0.472 e. The van der Waals surface area contributed by atoms with E-state index >= 15 is 0 Å². The van der Waals surface area contributed by atoms with E-state index in [0.717, 1.165) is 108 Å². The molecule has 0 fully saturated rings. The Morgan fingerprint density at radius 3 is 0.773 bits per heavy atom. The second-order valence-electron chi connectivity index (χ2n) is 25.9. The van der Waals surface area contributed by atoms with Crippen LogP contribution in [0.3, 0.4) is 0 Å². The molecule has 522 valence electrons. The van der Waals surface area contributed by atoms with Crippen molar-refractivity contribution in [2.75, 3.05) is 39.6 Å². The van der Waals surface area contributed by atoms with Crippen molar-refractivity contribution in [3.8, 4) is 0 Å². The maximum absolute atomic E-state index is 13.0. The number of carbonyl (C=O) groups is 4. The van der Waals surface area contributed by atoms with E-state index in [9.17, 15) is 43.2 Å². The van der Waals surface area contributed by atoms with Gasteiger partial charge in [0, 0.05) is 25.7 Å². The fourth-order valence-electron chi connectivity index (χ4n) is 10.4. The first-order valence-electron chi connectivity index (χ1n) is 36.0. The number of hydrogen-bond acceptors (Lipinski definition) is 15. The molecule has 5 atom stereocenters. The van der Waals surface area contributed by atoms with Gasteiger partial charge in [-0.1, -0.05) is 298 Å². The predicted octanol–water partition coefficient (Wildman–Crippen LogP) is 19.6. The van der Waals surface area contributed by atoms with Gasteiger partial charge in [-0.15, -0.1) is 0 Å². The van der Waals surface area contributed by atoms with Gasteiger partial charge in [0.25, 0.3) is 0 Å². The van der Waals surface area contributed by atoms with Crippen molar-refractivity contribution >= 4 is 39.5 Å². The molecule has 0 saturated heterocycles. The summed E-state index contributed by atoms with van der Waals surface area (Å²) >= 11 is 0. The zero-order chi connectivity index (χ0) is 65.0. The van der Waals surface area contributed by atoms with Crippen molar-refractivity contribution in [3.63, 3.8) is 0 Å². The molecular weight excluding hydrogens is 1160 g/mol. The van der Waals surface area contributed by atoms with Gasteiger partial charge in [-0.2, -0.15) is 0 Å². The summed E-state index contributed by atoms with van der Waals surface area (Å²) in [6.07, 6.45) is 46.2. The Morgan fingerprint density at radius 2 is 0.523 bits per heavy atom. The standard InChI is InChI=1S/C69H134O17P2/c1-7-9-11-13-14-15-16-17-22-25-28-34-40-46-52-67(72)80-58-65(86-68(73)53-47-41-35-29-26-23-20-18-19-21-24-27-32-38-43-49-61(3)4)60-84-88(77,78)82-56-63(70)55-81-87(75,76)83-59-64(57-79-66(71)51-45-37-12-10-8-2)85-69(74)54-48-42-36-31-30-33-39-44-50-62(5)6/h61-65,70H,7-60H2,1-6H3,(H,75,76)(H,77,78)/t63-,64+,65+/m0/s1. The number of hydrogen-bond donors (Lipinski definition) is 3. The highest BCUT2D eigenvalue weighted by molar-refractivity contribution is 7.47. The maximum atomic E-state index is 13.0. The minimum absolute atomic E-state index is 0.104. The van der Waals surface area contributed by atoms with Crippen LogP contribution in [0.1, 0.15) is 350 Å². The minimum Gasteiger partial charge on any atom is -0.462 e. The predicted molar refractivity (Wildman–Crippen MR) is 354 cm³/mol. The number of aliphatic hydroxyl groups is 1. The summed E-state index contributed by atoms with van der Waals surface area (Å²) in [6.45, 7) is 9.44. The highest BCUT2D eigenvalue weighted by atomic mass is 31.2. The third-order valence-electron chi connectivity index (χ3n) is 16.0. The molecule has 3 N–H and O–H groups in total. The lowest BCUT2D eigenvalue weighted by atomic mass is 10.0. The molecule has 17 nitrogen and oxygen atoms in total. The average Bonchev–Trinajstić information content (AvgIpc) is 3.68. The smallest absolute Gasteiger partial charge is 0.462 e.